The first kappa shape index (κ1) is 11.9. The van der Waals surface area contributed by atoms with Gasteiger partial charge in [0.2, 0.25) is 0 Å². The van der Waals surface area contributed by atoms with E-state index in [1.165, 1.54) is 6.07 Å². The number of benzene rings is 1. The molecule has 2 rings (SSSR count). The van der Waals surface area contributed by atoms with Crippen molar-refractivity contribution in [2.45, 2.75) is 0 Å². The third-order valence-electron chi connectivity index (χ3n) is 2.09. The standard InChI is InChI=1S/C11H7F2N3O2/c12-6-1-2-8(7(13)5-6)14-11(18)9-3-4-10(17)16-15-9/h1-5H,(H,14,18)(H,16,17). The lowest BCUT2D eigenvalue weighted by Crippen LogP contribution is -2.18. The van der Waals surface area contributed by atoms with Crippen molar-refractivity contribution in [2.75, 3.05) is 5.32 Å². The van der Waals surface area contributed by atoms with E-state index in [0.717, 1.165) is 18.2 Å². The van der Waals surface area contributed by atoms with Gasteiger partial charge in [-0.25, -0.2) is 13.9 Å². The lowest BCUT2D eigenvalue weighted by molar-refractivity contribution is 0.102. The summed E-state index contributed by atoms with van der Waals surface area (Å²) in [7, 11) is 0. The van der Waals surface area contributed by atoms with Gasteiger partial charge in [0.15, 0.2) is 0 Å². The van der Waals surface area contributed by atoms with E-state index in [1.807, 2.05) is 0 Å². The van der Waals surface area contributed by atoms with Crippen LogP contribution in [0.15, 0.2) is 35.1 Å². The van der Waals surface area contributed by atoms with Crippen LogP contribution in [0.1, 0.15) is 10.5 Å². The zero-order valence-corrected chi connectivity index (χ0v) is 8.91. The van der Waals surface area contributed by atoms with E-state index in [-0.39, 0.29) is 11.4 Å². The van der Waals surface area contributed by atoms with Crippen LogP contribution in [-0.2, 0) is 0 Å². The van der Waals surface area contributed by atoms with Gasteiger partial charge >= 0.3 is 0 Å². The molecule has 18 heavy (non-hydrogen) atoms. The van der Waals surface area contributed by atoms with Crippen molar-refractivity contribution in [2.24, 2.45) is 0 Å². The lowest BCUT2D eigenvalue weighted by atomic mass is 10.3. The Kier molecular flexibility index (Phi) is 3.13. The Hall–Kier alpha value is -2.57. The van der Waals surface area contributed by atoms with E-state index in [4.69, 9.17) is 0 Å². The first-order valence-corrected chi connectivity index (χ1v) is 4.88. The van der Waals surface area contributed by atoms with Crippen LogP contribution < -0.4 is 10.9 Å². The maximum Gasteiger partial charge on any atom is 0.276 e. The second-order valence-corrected chi connectivity index (χ2v) is 3.38. The molecule has 0 aliphatic heterocycles. The van der Waals surface area contributed by atoms with Gasteiger partial charge in [-0.15, -0.1) is 0 Å². The van der Waals surface area contributed by atoms with Gasteiger partial charge in [0.1, 0.15) is 17.3 Å². The number of rotatable bonds is 2. The summed E-state index contributed by atoms with van der Waals surface area (Å²) in [6, 6.07) is 5.06. The molecule has 0 aliphatic carbocycles. The summed E-state index contributed by atoms with van der Waals surface area (Å²) in [6.07, 6.45) is 0. The summed E-state index contributed by atoms with van der Waals surface area (Å²) < 4.78 is 25.9. The van der Waals surface area contributed by atoms with Crippen molar-refractivity contribution in [1.82, 2.24) is 10.2 Å². The molecule has 0 spiro atoms. The molecule has 7 heteroatoms. The Balaban J connectivity index is 2.21. The number of H-pyrrole nitrogens is 1. The van der Waals surface area contributed by atoms with Crippen LogP contribution in [0.2, 0.25) is 0 Å². The normalized spacial score (nSPS) is 10.1. The summed E-state index contributed by atoms with van der Waals surface area (Å²) in [6.45, 7) is 0. The number of carbonyl (C=O) groups is 1. The summed E-state index contributed by atoms with van der Waals surface area (Å²) in [4.78, 5) is 22.3. The molecular weight excluding hydrogens is 244 g/mol. The van der Waals surface area contributed by atoms with Crippen LogP contribution in [0.4, 0.5) is 14.5 Å². The molecule has 1 amide bonds. The third-order valence-corrected chi connectivity index (χ3v) is 2.09. The van der Waals surface area contributed by atoms with Gasteiger partial charge in [-0.1, -0.05) is 0 Å². The topological polar surface area (TPSA) is 74.8 Å². The number of carbonyl (C=O) groups excluding carboxylic acids is 1. The van der Waals surface area contributed by atoms with E-state index >= 15 is 0 Å². The van der Waals surface area contributed by atoms with Crippen LogP contribution in [0.3, 0.4) is 0 Å². The highest BCUT2D eigenvalue weighted by atomic mass is 19.1. The molecule has 1 aromatic carbocycles. The summed E-state index contributed by atoms with van der Waals surface area (Å²) in [5, 5.41) is 7.75. The predicted molar refractivity (Wildman–Crippen MR) is 59.2 cm³/mol. The summed E-state index contributed by atoms with van der Waals surface area (Å²) in [5.41, 5.74) is -0.716. The van der Waals surface area contributed by atoms with Gasteiger partial charge < -0.3 is 5.32 Å². The fraction of sp³-hybridized carbons (Fsp3) is 0. The zero-order valence-electron chi connectivity index (χ0n) is 8.91. The molecule has 0 unspecified atom stereocenters. The van der Waals surface area contributed by atoms with Crippen molar-refractivity contribution in [3.63, 3.8) is 0 Å². The molecule has 1 heterocycles. The Morgan fingerprint density at radius 2 is 2.00 bits per heavy atom. The fourth-order valence-electron chi connectivity index (χ4n) is 1.25. The van der Waals surface area contributed by atoms with Gasteiger partial charge in [0, 0.05) is 12.1 Å². The number of hydrogen-bond donors (Lipinski definition) is 2. The minimum atomic E-state index is -0.896. The second-order valence-electron chi connectivity index (χ2n) is 3.38. The Bertz CT molecular complexity index is 634. The van der Waals surface area contributed by atoms with E-state index < -0.39 is 23.1 Å². The molecule has 5 nitrogen and oxygen atoms in total. The average Bonchev–Trinajstić information content (AvgIpc) is 2.33. The zero-order chi connectivity index (χ0) is 13.1. The van der Waals surface area contributed by atoms with Crippen LogP contribution in [0, 0.1) is 11.6 Å². The molecule has 2 aromatic rings. The molecular formula is C11H7F2N3O2. The van der Waals surface area contributed by atoms with Crippen molar-refractivity contribution >= 4 is 11.6 Å². The Labute approximate surface area is 99.5 Å². The number of anilines is 1. The largest absolute Gasteiger partial charge is 0.318 e. The molecule has 2 N–H and O–H groups in total. The fourth-order valence-corrected chi connectivity index (χ4v) is 1.25. The van der Waals surface area contributed by atoms with Crippen LogP contribution >= 0.6 is 0 Å². The molecule has 0 atom stereocenters. The first-order chi connectivity index (χ1) is 8.56. The maximum absolute atomic E-state index is 13.3. The molecule has 0 saturated carbocycles. The molecule has 0 fully saturated rings. The highest BCUT2D eigenvalue weighted by molar-refractivity contribution is 6.02. The maximum atomic E-state index is 13.3. The van der Waals surface area contributed by atoms with Gasteiger partial charge in [-0.05, 0) is 18.2 Å². The monoisotopic (exact) mass is 251 g/mol. The SMILES string of the molecule is O=C(Nc1ccc(F)cc1F)c1ccc(=O)[nH]n1. The number of halogens is 2. The minimum Gasteiger partial charge on any atom is -0.318 e. The highest BCUT2D eigenvalue weighted by Crippen LogP contribution is 2.15. The van der Waals surface area contributed by atoms with Crippen molar-refractivity contribution < 1.29 is 13.6 Å². The number of amides is 1. The van der Waals surface area contributed by atoms with Gasteiger partial charge in [-0.3, -0.25) is 9.59 Å². The quantitative estimate of drug-likeness (QED) is 0.844. The number of hydrogen-bond acceptors (Lipinski definition) is 3. The second kappa shape index (κ2) is 4.74. The average molecular weight is 251 g/mol. The highest BCUT2D eigenvalue weighted by Gasteiger charge is 2.11. The van der Waals surface area contributed by atoms with E-state index in [9.17, 15) is 18.4 Å². The molecule has 0 bridgehead atoms. The van der Waals surface area contributed by atoms with Crippen LogP contribution in [0.25, 0.3) is 0 Å². The summed E-state index contributed by atoms with van der Waals surface area (Å²) in [5.74, 6) is -2.35. The van der Waals surface area contributed by atoms with Crippen molar-refractivity contribution in [3.05, 3.63) is 58.0 Å². The van der Waals surface area contributed by atoms with Crippen LogP contribution in [0.5, 0.6) is 0 Å². The summed E-state index contributed by atoms with van der Waals surface area (Å²) >= 11 is 0. The third kappa shape index (κ3) is 2.57. The molecule has 1 aromatic heterocycles. The van der Waals surface area contributed by atoms with Crippen molar-refractivity contribution in [3.8, 4) is 0 Å². The number of nitrogens with one attached hydrogen (secondary N) is 2. The number of aromatic amines is 1. The predicted octanol–water partition coefficient (Wildman–Crippen LogP) is 1.30. The molecule has 0 aliphatic rings. The van der Waals surface area contributed by atoms with E-state index in [1.54, 1.807) is 0 Å². The van der Waals surface area contributed by atoms with E-state index in [0.29, 0.717) is 6.07 Å². The number of aromatic nitrogens is 2. The first-order valence-electron chi connectivity index (χ1n) is 4.88. The van der Waals surface area contributed by atoms with E-state index in [2.05, 4.69) is 15.5 Å². The molecule has 0 radical (unpaired) electrons. The van der Waals surface area contributed by atoms with Crippen LogP contribution in [-0.4, -0.2) is 16.1 Å². The van der Waals surface area contributed by atoms with Gasteiger partial charge in [-0.2, -0.15) is 5.10 Å². The lowest BCUT2D eigenvalue weighted by Gasteiger charge is -2.05. The van der Waals surface area contributed by atoms with Crippen molar-refractivity contribution in [1.29, 1.82) is 0 Å². The number of nitrogens with zero attached hydrogens (tertiary/aromatic N) is 1. The smallest absolute Gasteiger partial charge is 0.276 e. The van der Waals surface area contributed by atoms with Gasteiger partial charge in [0.05, 0.1) is 5.69 Å². The molecule has 92 valence electrons. The Morgan fingerprint density at radius 3 is 2.61 bits per heavy atom. The Morgan fingerprint density at radius 1 is 1.22 bits per heavy atom. The minimum absolute atomic E-state index is 0.0849. The molecule has 0 saturated heterocycles. The van der Waals surface area contributed by atoms with Gasteiger partial charge in [0.25, 0.3) is 11.5 Å².